The molecule has 0 aliphatic carbocycles. The minimum Gasteiger partial charge on any atom is -0.342 e. The van der Waals surface area contributed by atoms with E-state index in [-0.39, 0.29) is 17.5 Å². The van der Waals surface area contributed by atoms with E-state index < -0.39 is 0 Å². The molecule has 0 aliphatic heterocycles. The number of amides is 1. The number of hydrogen-bond donors (Lipinski definition) is 1. The number of nitrogens with one attached hydrogen (secondary N) is 1. The van der Waals surface area contributed by atoms with Gasteiger partial charge in [0.25, 0.3) is 5.91 Å². The van der Waals surface area contributed by atoms with Gasteiger partial charge in [-0.25, -0.2) is 4.98 Å². The van der Waals surface area contributed by atoms with Gasteiger partial charge >= 0.3 is 0 Å². The zero-order chi connectivity index (χ0) is 16.2. The van der Waals surface area contributed by atoms with Gasteiger partial charge in [0.15, 0.2) is 0 Å². The van der Waals surface area contributed by atoms with Gasteiger partial charge in [-0.2, -0.15) is 11.3 Å². The standard InChI is InChI=1S/C16H15N3O2S2/c1-19-9-12(2-3-14(19)20)15(21)18-13(16-17-5-7-23-16)8-11-4-6-22-10-11/h2-7,9-10,13H,8H2,1H3,(H,18,21). The second-order valence-corrected chi connectivity index (χ2v) is 6.81. The van der Waals surface area contributed by atoms with Gasteiger partial charge < -0.3 is 9.88 Å². The van der Waals surface area contributed by atoms with E-state index in [2.05, 4.69) is 15.7 Å². The first-order valence-electron chi connectivity index (χ1n) is 7.01. The van der Waals surface area contributed by atoms with Crippen molar-refractivity contribution in [3.63, 3.8) is 0 Å². The molecule has 0 aromatic carbocycles. The van der Waals surface area contributed by atoms with Crippen molar-refractivity contribution in [1.29, 1.82) is 0 Å². The molecule has 0 radical (unpaired) electrons. The minimum absolute atomic E-state index is 0.142. The highest BCUT2D eigenvalue weighted by Gasteiger charge is 2.19. The topological polar surface area (TPSA) is 64.0 Å². The molecule has 1 N–H and O–H groups in total. The van der Waals surface area contributed by atoms with Crippen LogP contribution in [0.1, 0.15) is 27.0 Å². The molecule has 3 aromatic heterocycles. The summed E-state index contributed by atoms with van der Waals surface area (Å²) in [5.41, 5.74) is 1.48. The van der Waals surface area contributed by atoms with E-state index in [1.54, 1.807) is 36.8 Å². The number of thiazole rings is 1. The van der Waals surface area contributed by atoms with E-state index in [9.17, 15) is 9.59 Å². The molecule has 1 amide bonds. The lowest BCUT2D eigenvalue weighted by molar-refractivity contribution is 0.0935. The third-order valence-electron chi connectivity index (χ3n) is 3.42. The van der Waals surface area contributed by atoms with E-state index >= 15 is 0 Å². The number of rotatable bonds is 5. The van der Waals surface area contributed by atoms with E-state index in [0.717, 1.165) is 10.6 Å². The maximum absolute atomic E-state index is 12.5. The van der Waals surface area contributed by atoms with E-state index in [1.165, 1.54) is 22.0 Å². The molecule has 118 valence electrons. The summed E-state index contributed by atoms with van der Waals surface area (Å²) in [6.07, 6.45) is 3.97. The van der Waals surface area contributed by atoms with Crippen molar-refractivity contribution in [3.8, 4) is 0 Å². The van der Waals surface area contributed by atoms with Crippen molar-refractivity contribution in [1.82, 2.24) is 14.9 Å². The molecule has 1 unspecified atom stereocenters. The van der Waals surface area contributed by atoms with Crippen molar-refractivity contribution in [2.24, 2.45) is 7.05 Å². The molecule has 1 atom stereocenters. The minimum atomic E-state index is -0.212. The SMILES string of the molecule is Cn1cc(C(=O)NC(Cc2ccsc2)c2nccs2)ccc1=O. The molecule has 0 spiro atoms. The maximum Gasteiger partial charge on any atom is 0.253 e. The van der Waals surface area contributed by atoms with Gasteiger partial charge in [-0.05, 0) is 28.5 Å². The summed E-state index contributed by atoms with van der Waals surface area (Å²) in [5.74, 6) is -0.212. The maximum atomic E-state index is 12.5. The number of aryl methyl sites for hydroxylation is 1. The molecular weight excluding hydrogens is 330 g/mol. The van der Waals surface area contributed by atoms with Gasteiger partial charge in [0, 0.05) is 37.3 Å². The summed E-state index contributed by atoms with van der Waals surface area (Å²) in [5, 5.41) is 9.87. The Hall–Kier alpha value is -2.25. The quantitative estimate of drug-likeness (QED) is 0.773. The van der Waals surface area contributed by atoms with Gasteiger partial charge in [0.2, 0.25) is 5.56 Å². The zero-order valence-corrected chi connectivity index (χ0v) is 14.1. The lowest BCUT2D eigenvalue weighted by Gasteiger charge is -2.16. The van der Waals surface area contributed by atoms with Gasteiger partial charge in [-0.1, -0.05) is 0 Å². The van der Waals surface area contributed by atoms with Crippen LogP contribution in [-0.4, -0.2) is 15.5 Å². The average molecular weight is 345 g/mol. The molecule has 0 saturated carbocycles. The van der Waals surface area contributed by atoms with Gasteiger partial charge in [-0.3, -0.25) is 9.59 Å². The largest absolute Gasteiger partial charge is 0.342 e. The lowest BCUT2D eigenvalue weighted by Crippen LogP contribution is -2.31. The van der Waals surface area contributed by atoms with Crippen LogP contribution in [-0.2, 0) is 13.5 Å². The van der Waals surface area contributed by atoms with Crippen LogP contribution in [0, 0.1) is 0 Å². The number of carbonyl (C=O) groups excluding carboxylic acids is 1. The van der Waals surface area contributed by atoms with Crippen molar-refractivity contribution >= 4 is 28.6 Å². The van der Waals surface area contributed by atoms with Crippen LogP contribution in [0.5, 0.6) is 0 Å². The number of nitrogens with zero attached hydrogens (tertiary/aromatic N) is 2. The van der Waals surface area contributed by atoms with E-state index in [4.69, 9.17) is 0 Å². The van der Waals surface area contributed by atoms with Crippen LogP contribution >= 0.6 is 22.7 Å². The summed E-state index contributed by atoms with van der Waals surface area (Å²) < 4.78 is 1.40. The van der Waals surface area contributed by atoms with Crippen LogP contribution in [0.15, 0.2) is 51.5 Å². The van der Waals surface area contributed by atoms with E-state index in [0.29, 0.717) is 12.0 Å². The number of pyridine rings is 1. The van der Waals surface area contributed by atoms with Crippen LogP contribution < -0.4 is 10.9 Å². The third-order valence-corrected chi connectivity index (χ3v) is 5.04. The highest BCUT2D eigenvalue weighted by atomic mass is 32.1. The molecule has 5 nitrogen and oxygen atoms in total. The Balaban J connectivity index is 1.81. The number of aromatic nitrogens is 2. The van der Waals surface area contributed by atoms with Gasteiger partial charge in [-0.15, -0.1) is 11.3 Å². The molecule has 23 heavy (non-hydrogen) atoms. The van der Waals surface area contributed by atoms with Crippen LogP contribution in [0.25, 0.3) is 0 Å². The molecule has 0 aliphatic rings. The summed E-state index contributed by atoms with van der Waals surface area (Å²) in [6, 6.07) is 4.80. The predicted molar refractivity (Wildman–Crippen MR) is 92.0 cm³/mol. The first kappa shape index (κ1) is 15.6. The van der Waals surface area contributed by atoms with Crippen molar-refractivity contribution < 1.29 is 4.79 Å². The molecule has 3 heterocycles. The van der Waals surface area contributed by atoms with Crippen LogP contribution in [0.4, 0.5) is 0 Å². The summed E-state index contributed by atoms with van der Waals surface area (Å²) >= 11 is 3.15. The molecule has 0 fully saturated rings. The average Bonchev–Trinajstić information content (AvgIpc) is 3.22. The monoisotopic (exact) mass is 345 g/mol. The zero-order valence-electron chi connectivity index (χ0n) is 12.4. The number of hydrogen-bond acceptors (Lipinski definition) is 5. The predicted octanol–water partition coefficient (Wildman–Crippen LogP) is 2.62. The highest BCUT2D eigenvalue weighted by Crippen LogP contribution is 2.22. The highest BCUT2D eigenvalue weighted by molar-refractivity contribution is 7.09. The Kier molecular flexibility index (Phi) is 4.68. The number of thiophene rings is 1. The van der Waals surface area contributed by atoms with Crippen molar-refractivity contribution in [3.05, 3.63) is 73.2 Å². The fourth-order valence-corrected chi connectivity index (χ4v) is 3.59. The summed E-state index contributed by atoms with van der Waals surface area (Å²) in [7, 11) is 1.63. The summed E-state index contributed by atoms with van der Waals surface area (Å²) in [4.78, 5) is 28.3. The fraction of sp³-hybridized carbons (Fsp3) is 0.188. The normalized spacial score (nSPS) is 12.0. The van der Waals surface area contributed by atoms with E-state index in [1.807, 2.05) is 16.8 Å². The Labute approximate surface area is 141 Å². The Morgan fingerprint density at radius 1 is 1.35 bits per heavy atom. The third kappa shape index (κ3) is 3.75. The second kappa shape index (κ2) is 6.89. The molecule has 3 rings (SSSR count). The van der Waals surface area contributed by atoms with Crippen LogP contribution in [0.3, 0.4) is 0 Å². The molecule has 0 saturated heterocycles. The van der Waals surface area contributed by atoms with Crippen molar-refractivity contribution in [2.45, 2.75) is 12.5 Å². The Morgan fingerprint density at radius 3 is 2.87 bits per heavy atom. The molecule has 7 heteroatoms. The first-order valence-corrected chi connectivity index (χ1v) is 8.84. The lowest BCUT2D eigenvalue weighted by atomic mass is 10.1. The van der Waals surface area contributed by atoms with Crippen LogP contribution in [0.2, 0.25) is 0 Å². The van der Waals surface area contributed by atoms with Gasteiger partial charge in [0.05, 0.1) is 11.6 Å². The second-order valence-electron chi connectivity index (χ2n) is 5.10. The molecule has 3 aromatic rings. The number of carbonyl (C=O) groups is 1. The smallest absolute Gasteiger partial charge is 0.253 e. The van der Waals surface area contributed by atoms with Crippen molar-refractivity contribution in [2.75, 3.05) is 0 Å². The molecule has 0 bridgehead atoms. The Morgan fingerprint density at radius 2 is 2.22 bits per heavy atom. The Bertz CT molecular complexity index is 839. The fourth-order valence-electron chi connectivity index (χ4n) is 2.22. The molecular formula is C16H15N3O2S2. The van der Waals surface area contributed by atoms with Gasteiger partial charge in [0.1, 0.15) is 5.01 Å². The summed E-state index contributed by atoms with van der Waals surface area (Å²) in [6.45, 7) is 0. The first-order chi connectivity index (χ1) is 11.1.